The lowest BCUT2D eigenvalue weighted by atomic mass is 9.42. The largest absolute Gasteiger partial charge is 0.355 e. The van der Waals surface area contributed by atoms with E-state index in [4.69, 9.17) is 4.98 Å². The molecule has 7 nitrogen and oxygen atoms in total. The smallest absolute Gasteiger partial charge is 0.244 e. The molecule has 0 aromatic carbocycles. The van der Waals surface area contributed by atoms with E-state index in [1.807, 2.05) is 11.1 Å². The van der Waals surface area contributed by atoms with Crippen LogP contribution in [0.15, 0.2) is 6.20 Å². The van der Waals surface area contributed by atoms with Gasteiger partial charge in [0.1, 0.15) is 11.2 Å². The lowest BCUT2D eigenvalue weighted by Gasteiger charge is -2.71. The number of amides is 2. The number of hydrogen-bond donors (Lipinski definition) is 2. The van der Waals surface area contributed by atoms with E-state index in [9.17, 15) is 9.59 Å². The predicted octanol–water partition coefficient (Wildman–Crippen LogP) is 2.27. The highest BCUT2D eigenvalue weighted by Gasteiger charge is 2.71. The summed E-state index contributed by atoms with van der Waals surface area (Å²) >= 11 is 0. The van der Waals surface area contributed by atoms with Crippen molar-refractivity contribution in [2.75, 3.05) is 16.8 Å². The van der Waals surface area contributed by atoms with E-state index in [-0.39, 0.29) is 17.4 Å². The van der Waals surface area contributed by atoms with Crippen LogP contribution < -0.4 is 15.5 Å². The van der Waals surface area contributed by atoms with Gasteiger partial charge in [-0.25, -0.2) is 4.98 Å². The monoisotopic (exact) mass is 407 g/mol. The molecule has 4 bridgehead atoms. The van der Waals surface area contributed by atoms with Crippen molar-refractivity contribution in [3.8, 4) is 0 Å². The van der Waals surface area contributed by atoms with Gasteiger partial charge in [-0.1, -0.05) is 13.3 Å². The lowest BCUT2D eigenvalue weighted by molar-refractivity contribution is -0.151. The maximum atomic E-state index is 13.9. The molecular weight excluding hydrogens is 378 g/mol. The van der Waals surface area contributed by atoms with Crippen molar-refractivity contribution in [3.63, 3.8) is 0 Å². The summed E-state index contributed by atoms with van der Waals surface area (Å²) in [5.41, 5.74) is -0.169. The van der Waals surface area contributed by atoms with Gasteiger partial charge in [0.2, 0.25) is 17.8 Å². The first-order valence-corrected chi connectivity index (χ1v) is 11.8. The van der Waals surface area contributed by atoms with Gasteiger partial charge in [0.25, 0.3) is 0 Å². The van der Waals surface area contributed by atoms with Crippen LogP contribution in [0.3, 0.4) is 0 Å². The summed E-state index contributed by atoms with van der Waals surface area (Å²) in [5.74, 6) is 4.04. The minimum absolute atomic E-state index is 0.0282. The summed E-state index contributed by atoms with van der Waals surface area (Å²) in [5, 5.41) is 6.51. The zero-order valence-electron chi connectivity index (χ0n) is 17.5. The topological polar surface area (TPSA) is 87.2 Å². The molecule has 2 aliphatic heterocycles. The molecule has 7 heteroatoms. The van der Waals surface area contributed by atoms with Crippen LogP contribution in [-0.4, -0.2) is 39.9 Å². The molecule has 1 aromatic heterocycles. The number of anilines is 2. The Hall–Kier alpha value is -2.18. The summed E-state index contributed by atoms with van der Waals surface area (Å²) < 4.78 is 0. The van der Waals surface area contributed by atoms with Crippen LogP contribution in [0, 0.1) is 29.1 Å². The van der Waals surface area contributed by atoms with Crippen LogP contribution in [-0.2, 0) is 16.0 Å². The summed E-state index contributed by atoms with van der Waals surface area (Å²) in [6.45, 7) is 2.82. The number of nitrogens with one attached hydrogen (secondary N) is 2. The van der Waals surface area contributed by atoms with E-state index in [0.717, 1.165) is 36.1 Å². The Morgan fingerprint density at radius 1 is 1.20 bits per heavy atom. The number of carbonyl (C=O) groups is 2. The molecule has 5 saturated carbocycles. The molecule has 30 heavy (non-hydrogen) atoms. The minimum Gasteiger partial charge on any atom is -0.355 e. The van der Waals surface area contributed by atoms with E-state index in [0.29, 0.717) is 43.2 Å². The number of hydrogen-bond acceptors (Lipinski definition) is 5. The first-order valence-electron chi connectivity index (χ1n) is 11.8. The average molecular weight is 408 g/mol. The highest BCUT2D eigenvalue weighted by atomic mass is 16.2. The quantitative estimate of drug-likeness (QED) is 0.751. The zero-order chi connectivity index (χ0) is 20.3. The van der Waals surface area contributed by atoms with Gasteiger partial charge in [-0.3, -0.25) is 14.5 Å². The van der Waals surface area contributed by atoms with Crippen LogP contribution in [0.5, 0.6) is 0 Å². The zero-order valence-corrected chi connectivity index (χ0v) is 17.5. The predicted molar refractivity (Wildman–Crippen MR) is 111 cm³/mol. The normalized spacial score (nSPS) is 45.2. The first-order chi connectivity index (χ1) is 14.5. The minimum atomic E-state index is -0.967. The third-order valence-electron chi connectivity index (χ3n) is 9.71. The molecule has 2 N–H and O–H groups in total. The Morgan fingerprint density at radius 2 is 2.07 bits per heavy atom. The third-order valence-corrected chi connectivity index (χ3v) is 9.71. The Labute approximate surface area is 176 Å². The second kappa shape index (κ2) is 5.54. The van der Waals surface area contributed by atoms with E-state index in [1.165, 1.54) is 25.7 Å². The van der Waals surface area contributed by atoms with Gasteiger partial charge < -0.3 is 10.6 Å². The van der Waals surface area contributed by atoms with Gasteiger partial charge in [0, 0.05) is 30.8 Å². The molecule has 3 heterocycles. The van der Waals surface area contributed by atoms with Crippen LogP contribution >= 0.6 is 0 Å². The average Bonchev–Trinajstić information content (AvgIpc) is 3.41. The molecule has 1 saturated heterocycles. The van der Waals surface area contributed by atoms with Gasteiger partial charge in [0.15, 0.2) is 0 Å². The van der Waals surface area contributed by atoms with Gasteiger partial charge in [-0.05, 0) is 62.2 Å². The molecule has 8 rings (SSSR count). The van der Waals surface area contributed by atoms with Crippen LogP contribution in [0.25, 0.3) is 0 Å². The summed E-state index contributed by atoms with van der Waals surface area (Å²) in [6, 6.07) is 0.454. The molecule has 5 aliphatic carbocycles. The van der Waals surface area contributed by atoms with Crippen molar-refractivity contribution in [3.05, 3.63) is 11.8 Å². The van der Waals surface area contributed by atoms with Crippen molar-refractivity contribution in [2.45, 2.75) is 69.9 Å². The van der Waals surface area contributed by atoms with E-state index in [1.54, 1.807) is 0 Å². The summed E-state index contributed by atoms with van der Waals surface area (Å²) in [4.78, 5) is 38.2. The van der Waals surface area contributed by atoms with Crippen LogP contribution in [0.1, 0.15) is 57.4 Å². The molecular formula is C23H29N5O2. The number of aromatic nitrogens is 2. The molecule has 1 aromatic rings. The standard InChI is InChI=1S/C23H29N5O2/c1-12-15-9-23(12,10-15)28-18-16(8-22(20(28)30)4-5-24-19(22)29)11-25-21(27-18)26-17-7-13-2-3-14(17)6-13/h11-15,17H,2-10H2,1H3,(H,24,29)(H,25,26,27)/t12-,13?,14?,15?,17?,22-,23?/m1/s1. The number of carbonyl (C=O) groups excluding carboxylic acids is 2. The maximum absolute atomic E-state index is 13.9. The highest BCUT2D eigenvalue weighted by molar-refractivity contribution is 6.15. The Morgan fingerprint density at radius 3 is 2.67 bits per heavy atom. The van der Waals surface area contributed by atoms with Gasteiger partial charge in [0.05, 0.1) is 5.54 Å². The molecule has 3 unspecified atom stereocenters. The molecule has 1 spiro atoms. The van der Waals surface area contributed by atoms with Crippen molar-refractivity contribution in [2.24, 2.45) is 29.1 Å². The molecule has 7 aliphatic rings. The number of fused-ring (bicyclic) bond motifs is 3. The van der Waals surface area contributed by atoms with Crippen LogP contribution in [0.4, 0.5) is 11.8 Å². The van der Waals surface area contributed by atoms with Gasteiger partial charge in [-0.2, -0.15) is 4.98 Å². The third kappa shape index (κ3) is 1.97. The van der Waals surface area contributed by atoms with E-state index < -0.39 is 5.41 Å². The van der Waals surface area contributed by atoms with E-state index in [2.05, 4.69) is 22.5 Å². The van der Waals surface area contributed by atoms with Crippen molar-refractivity contribution < 1.29 is 9.59 Å². The summed E-state index contributed by atoms with van der Waals surface area (Å²) in [6.07, 6.45) is 10.1. The van der Waals surface area contributed by atoms with Gasteiger partial charge in [-0.15, -0.1) is 0 Å². The molecule has 0 radical (unpaired) electrons. The van der Waals surface area contributed by atoms with Crippen molar-refractivity contribution >= 4 is 23.6 Å². The first kappa shape index (κ1) is 17.5. The number of rotatable bonds is 3. The maximum Gasteiger partial charge on any atom is 0.244 e. The fourth-order valence-electron chi connectivity index (χ4n) is 7.62. The Balaban J connectivity index is 1.28. The fourth-order valence-corrected chi connectivity index (χ4v) is 7.62. The highest BCUT2D eigenvalue weighted by Crippen LogP contribution is 2.67. The summed E-state index contributed by atoms with van der Waals surface area (Å²) in [7, 11) is 0. The van der Waals surface area contributed by atoms with Crippen molar-refractivity contribution in [1.82, 2.24) is 15.3 Å². The lowest BCUT2D eigenvalue weighted by Crippen LogP contribution is -2.78. The second-order valence-corrected chi connectivity index (χ2v) is 10.9. The molecule has 6 fully saturated rings. The van der Waals surface area contributed by atoms with Crippen molar-refractivity contribution in [1.29, 1.82) is 0 Å². The second-order valence-electron chi connectivity index (χ2n) is 10.9. The molecule has 5 atom stereocenters. The Bertz CT molecular complexity index is 972. The molecule has 158 valence electrons. The Kier molecular flexibility index (Phi) is 3.23. The SMILES string of the molecule is C[C@@H]1C2CC1(N1C(=O)[C@]3(CCNC3=O)Cc3cnc(NC4CC5CCC4C5)nc31)C2. The van der Waals surface area contributed by atoms with Crippen LogP contribution in [0.2, 0.25) is 0 Å². The fraction of sp³-hybridized carbons (Fsp3) is 0.739. The van der Waals surface area contributed by atoms with E-state index >= 15 is 0 Å². The van der Waals surface area contributed by atoms with Gasteiger partial charge >= 0.3 is 0 Å². The number of nitrogens with zero attached hydrogens (tertiary/aromatic N) is 3. The molecule has 2 amide bonds.